The van der Waals surface area contributed by atoms with Crippen molar-refractivity contribution in [2.24, 2.45) is 0 Å². The van der Waals surface area contributed by atoms with Gasteiger partial charge in [0.1, 0.15) is 5.75 Å². The number of carbonyl (C=O) groups is 2. The maximum Gasteiger partial charge on any atom is 0.262 e. The molecule has 0 saturated carbocycles. The summed E-state index contributed by atoms with van der Waals surface area (Å²) in [5.41, 5.74) is 6.80. The second kappa shape index (κ2) is 12.3. The summed E-state index contributed by atoms with van der Waals surface area (Å²) in [7, 11) is 1.65. The fourth-order valence-corrected chi connectivity index (χ4v) is 6.88. The molecule has 0 bridgehead atoms. The number of aryl methyl sites for hydroxylation is 2. The molecule has 6 rings (SSSR count). The highest BCUT2D eigenvalue weighted by Crippen LogP contribution is 2.44. The molecule has 2 amide bonds. The van der Waals surface area contributed by atoms with E-state index in [2.05, 4.69) is 76.6 Å². The van der Waals surface area contributed by atoms with Crippen molar-refractivity contribution in [1.29, 1.82) is 0 Å². The van der Waals surface area contributed by atoms with Crippen LogP contribution in [0, 0.1) is 20.8 Å². The number of aromatic nitrogens is 2. The number of methoxy groups -OCH3 is 1. The summed E-state index contributed by atoms with van der Waals surface area (Å²) < 4.78 is 5.63. The third kappa shape index (κ3) is 5.51. The van der Waals surface area contributed by atoms with Crippen molar-refractivity contribution in [3.05, 3.63) is 113 Å². The zero-order chi connectivity index (χ0) is 31.7. The molecule has 0 saturated heterocycles. The van der Waals surface area contributed by atoms with Crippen LogP contribution in [0.15, 0.2) is 79.1 Å². The van der Waals surface area contributed by atoms with Crippen molar-refractivity contribution in [2.45, 2.75) is 52.2 Å². The van der Waals surface area contributed by atoms with E-state index in [4.69, 9.17) is 4.74 Å². The lowest BCUT2D eigenvalue weighted by atomic mass is 9.77. The summed E-state index contributed by atoms with van der Waals surface area (Å²) in [4.78, 5) is 37.4. The van der Waals surface area contributed by atoms with Crippen molar-refractivity contribution in [3.8, 4) is 5.75 Å². The standard InChI is InChI=1S/C37H41N5O3/c1-23-17-27(18-24(2)25(23)3)20-40-36(44)37(41-26(4)43,42-15-9-6-10-16-42)35(31-21-38-33-12-8-7-11-29(31)33)32-22-39-34-14-13-28(45-5)19-30(32)34/h6-9,11-14,17-19,21-22,35,38-39H,10,15-16,20H2,1-5H3,(H,40,44)(H,41,43). The normalized spacial score (nSPS) is 15.6. The SMILES string of the molecule is COc1ccc2[nH]cc(C(c3c[nH]c4ccccc34)C(NC(C)=O)(C(=O)NCc3cc(C)c(C)c(C)c3)N3CC=CCC3)c2c1. The van der Waals surface area contributed by atoms with Gasteiger partial charge in [-0.2, -0.15) is 0 Å². The quantitative estimate of drug-likeness (QED) is 0.152. The predicted molar refractivity (Wildman–Crippen MR) is 179 cm³/mol. The van der Waals surface area contributed by atoms with Crippen LogP contribution in [0.1, 0.15) is 52.6 Å². The van der Waals surface area contributed by atoms with Crippen LogP contribution in [0.5, 0.6) is 5.75 Å². The molecular formula is C37H41N5O3. The van der Waals surface area contributed by atoms with Gasteiger partial charge >= 0.3 is 0 Å². The molecule has 8 heteroatoms. The molecule has 2 atom stereocenters. The number of para-hydroxylation sites is 1. The maximum atomic E-state index is 15.1. The minimum Gasteiger partial charge on any atom is -0.497 e. The lowest BCUT2D eigenvalue weighted by Crippen LogP contribution is -2.71. The molecule has 4 N–H and O–H groups in total. The number of nitrogens with one attached hydrogen (secondary N) is 4. The molecule has 0 radical (unpaired) electrons. The Hall–Kier alpha value is -4.82. The maximum absolute atomic E-state index is 15.1. The zero-order valence-electron chi connectivity index (χ0n) is 26.6. The predicted octanol–water partition coefficient (Wildman–Crippen LogP) is 6.13. The molecule has 2 aromatic heterocycles. The lowest BCUT2D eigenvalue weighted by Gasteiger charge is -2.48. The van der Waals surface area contributed by atoms with Gasteiger partial charge in [-0.1, -0.05) is 42.5 Å². The van der Waals surface area contributed by atoms with E-state index in [1.165, 1.54) is 23.6 Å². The fraction of sp³-hybridized carbons (Fsp3) is 0.297. The molecule has 0 fully saturated rings. The van der Waals surface area contributed by atoms with E-state index in [1.54, 1.807) is 7.11 Å². The van der Waals surface area contributed by atoms with E-state index in [0.29, 0.717) is 25.4 Å². The van der Waals surface area contributed by atoms with Gasteiger partial charge < -0.3 is 25.3 Å². The number of aromatic amines is 2. The van der Waals surface area contributed by atoms with Gasteiger partial charge in [0.25, 0.3) is 5.91 Å². The average molecular weight is 604 g/mol. The highest BCUT2D eigenvalue weighted by Gasteiger charge is 2.53. The van der Waals surface area contributed by atoms with Crippen LogP contribution in [0.3, 0.4) is 0 Å². The summed E-state index contributed by atoms with van der Waals surface area (Å²) in [5.74, 6) is -0.451. The van der Waals surface area contributed by atoms with Crippen LogP contribution < -0.4 is 15.4 Å². The summed E-state index contributed by atoms with van der Waals surface area (Å²) in [6.07, 6.45) is 8.90. The Kier molecular flexibility index (Phi) is 8.25. The van der Waals surface area contributed by atoms with Gasteiger partial charge in [-0.05, 0) is 84.8 Å². The number of hydrogen-bond acceptors (Lipinski definition) is 4. The Balaban J connectivity index is 1.59. The number of benzene rings is 3. The van der Waals surface area contributed by atoms with E-state index >= 15 is 4.79 Å². The minimum atomic E-state index is -1.48. The van der Waals surface area contributed by atoms with Gasteiger partial charge in [0.2, 0.25) is 5.91 Å². The second-order valence-corrected chi connectivity index (χ2v) is 12.1. The van der Waals surface area contributed by atoms with Crippen molar-refractivity contribution in [3.63, 3.8) is 0 Å². The molecule has 232 valence electrons. The van der Waals surface area contributed by atoms with E-state index in [-0.39, 0.29) is 11.8 Å². The smallest absolute Gasteiger partial charge is 0.262 e. The Morgan fingerprint density at radius 1 is 0.933 bits per heavy atom. The Bertz CT molecular complexity index is 1890. The number of hydrogen-bond donors (Lipinski definition) is 4. The molecular weight excluding hydrogens is 562 g/mol. The van der Waals surface area contributed by atoms with Crippen molar-refractivity contribution >= 4 is 33.6 Å². The summed E-state index contributed by atoms with van der Waals surface area (Å²) in [5, 5.41) is 8.43. The number of nitrogens with zero attached hydrogens (tertiary/aromatic N) is 1. The molecule has 45 heavy (non-hydrogen) atoms. The highest BCUT2D eigenvalue weighted by molar-refractivity contribution is 5.97. The van der Waals surface area contributed by atoms with Crippen LogP contribution in [0.25, 0.3) is 21.8 Å². The van der Waals surface area contributed by atoms with Gasteiger partial charge in [-0.25, -0.2) is 0 Å². The van der Waals surface area contributed by atoms with E-state index in [0.717, 1.165) is 44.9 Å². The van der Waals surface area contributed by atoms with Crippen LogP contribution >= 0.6 is 0 Å². The van der Waals surface area contributed by atoms with E-state index in [9.17, 15) is 4.79 Å². The monoisotopic (exact) mass is 603 g/mol. The molecule has 8 nitrogen and oxygen atoms in total. The number of H-pyrrole nitrogens is 2. The first-order chi connectivity index (χ1) is 21.7. The number of carbonyl (C=O) groups excluding carboxylic acids is 2. The lowest BCUT2D eigenvalue weighted by molar-refractivity contribution is -0.143. The average Bonchev–Trinajstić information content (AvgIpc) is 3.66. The minimum absolute atomic E-state index is 0.267. The van der Waals surface area contributed by atoms with E-state index in [1.807, 2.05) is 48.8 Å². The van der Waals surface area contributed by atoms with Crippen LogP contribution in [0.2, 0.25) is 0 Å². The molecule has 5 aromatic rings. The number of ether oxygens (including phenoxy) is 1. The van der Waals surface area contributed by atoms with Crippen molar-refractivity contribution in [1.82, 2.24) is 25.5 Å². The molecule has 3 aromatic carbocycles. The topological polar surface area (TPSA) is 102 Å². The van der Waals surface area contributed by atoms with Crippen molar-refractivity contribution < 1.29 is 14.3 Å². The zero-order valence-corrected chi connectivity index (χ0v) is 26.6. The Labute approximate surface area is 263 Å². The highest BCUT2D eigenvalue weighted by atomic mass is 16.5. The number of fused-ring (bicyclic) bond motifs is 2. The van der Waals surface area contributed by atoms with E-state index < -0.39 is 11.6 Å². The van der Waals surface area contributed by atoms with Crippen molar-refractivity contribution in [2.75, 3.05) is 20.2 Å². The van der Waals surface area contributed by atoms with Gasteiger partial charge in [-0.15, -0.1) is 0 Å². The first kappa shape index (κ1) is 30.2. The van der Waals surface area contributed by atoms with Gasteiger partial charge in [0, 0.05) is 60.8 Å². The Morgan fingerprint density at radius 3 is 2.29 bits per heavy atom. The summed E-state index contributed by atoms with van der Waals surface area (Å²) in [6.45, 7) is 9.20. The third-order valence-electron chi connectivity index (χ3n) is 9.29. The first-order valence-electron chi connectivity index (χ1n) is 15.5. The molecule has 3 heterocycles. The summed E-state index contributed by atoms with van der Waals surface area (Å²) in [6, 6.07) is 18.2. The van der Waals surface area contributed by atoms with Gasteiger partial charge in [0.15, 0.2) is 5.66 Å². The molecule has 2 unspecified atom stereocenters. The Morgan fingerprint density at radius 2 is 1.62 bits per heavy atom. The third-order valence-corrected chi connectivity index (χ3v) is 9.29. The van der Waals surface area contributed by atoms with Crippen LogP contribution in [0.4, 0.5) is 0 Å². The first-order valence-corrected chi connectivity index (χ1v) is 15.5. The number of amides is 2. The van der Waals surface area contributed by atoms with Crippen LogP contribution in [-0.2, 0) is 16.1 Å². The molecule has 0 aliphatic carbocycles. The number of rotatable bonds is 9. The molecule has 0 spiro atoms. The van der Waals surface area contributed by atoms with Gasteiger partial charge in [0.05, 0.1) is 13.0 Å². The molecule has 1 aliphatic rings. The fourth-order valence-electron chi connectivity index (χ4n) is 6.88. The largest absolute Gasteiger partial charge is 0.497 e. The second-order valence-electron chi connectivity index (χ2n) is 12.1. The molecule has 1 aliphatic heterocycles. The van der Waals surface area contributed by atoms with Gasteiger partial charge in [-0.3, -0.25) is 14.5 Å². The van der Waals surface area contributed by atoms with Crippen LogP contribution in [-0.4, -0.2) is 52.5 Å². The summed E-state index contributed by atoms with van der Waals surface area (Å²) >= 11 is 0.